The predicted octanol–water partition coefficient (Wildman–Crippen LogP) is 2.68. The first-order chi connectivity index (χ1) is 8.34. The Kier molecular flexibility index (Phi) is 4.84. The van der Waals surface area contributed by atoms with Crippen molar-refractivity contribution in [1.29, 1.82) is 0 Å². The molecule has 4 heteroatoms. The van der Waals surface area contributed by atoms with Crippen LogP contribution in [0.5, 0.6) is 0 Å². The number of halogens is 1. The van der Waals surface area contributed by atoms with Crippen LogP contribution in [-0.2, 0) is 9.53 Å². The quantitative estimate of drug-likeness (QED) is 0.896. The van der Waals surface area contributed by atoms with Gasteiger partial charge in [-0.3, -0.25) is 4.79 Å². The van der Waals surface area contributed by atoms with Crippen LogP contribution in [0, 0.1) is 11.2 Å². The Hall–Kier alpha value is -1.42. The van der Waals surface area contributed by atoms with Gasteiger partial charge in [0.25, 0.3) is 0 Å². The van der Waals surface area contributed by atoms with E-state index in [2.05, 4.69) is 5.32 Å². The first kappa shape index (κ1) is 14.6. The molecular weight excluding hydrogens is 233 g/mol. The Morgan fingerprint density at radius 3 is 2.33 bits per heavy atom. The molecule has 0 heterocycles. The molecule has 1 amide bonds. The van der Waals surface area contributed by atoms with Crippen molar-refractivity contribution >= 4 is 5.91 Å². The van der Waals surface area contributed by atoms with Crippen molar-refractivity contribution in [3.63, 3.8) is 0 Å². The number of benzene rings is 1. The van der Waals surface area contributed by atoms with Gasteiger partial charge in [0.2, 0.25) is 5.91 Å². The molecule has 0 aliphatic carbocycles. The highest BCUT2D eigenvalue weighted by Gasteiger charge is 2.27. The lowest BCUT2D eigenvalue weighted by Crippen LogP contribution is -2.38. The Morgan fingerprint density at radius 1 is 1.33 bits per heavy atom. The molecule has 1 rings (SSSR count). The van der Waals surface area contributed by atoms with Gasteiger partial charge in [0.1, 0.15) is 12.4 Å². The molecule has 1 unspecified atom stereocenters. The highest BCUT2D eigenvalue weighted by atomic mass is 19.1. The molecule has 1 N–H and O–H groups in total. The monoisotopic (exact) mass is 253 g/mol. The molecule has 0 aliphatic rings. The van der Waals surface area contributed by atoms with Gasteiger partial charge in [0, 0.05) is 7.11 Å². The van der Waals surface area contributed by atoms with E-state index in [0.717, 1.165) is 5.56 Å². The summed E-state index contributed by atoms with van der Waals surface area (Å²) in [5.41, 5.74) is 0.717. The number of ether oxygens (including phenoxy) is 1. The van der Waals surface area contributed by atoms with Crippen molar-refractivity contribution in [3.05, 3.63) is 35.6 Å². The summed E-state index contributed by atoms with van der Waals surface area (Å²) in [6.45, 7) is 6.09. The number of nitrogens with one attached hydrogen (secondary N) is 1. The van der Waals surface area contributed by atoms with E-state index in [0.29, 0.717) is 0 Å². The van der Waals surface area contributed by atoms with Crippen LogP contribution in [-0.4, -0.2) is 19.6 Å². The van der Waals surface area contributed by atoms with E-state index in [9.17, 15) is 9.18 Å². The minimum atomic E-state index is -0.283. The van der Waals surface area contributed by atoms with Gasteiger partial charge >= 0.3 is 0 Å². The number of carbonyl (C=O) groups is 1. The highest BCUT2D eigenvalue weighted by molar-refractivity contribution is 5.77. The van der Waals surface area contributed by atoms with E-state index in [4.69, 9.17) is 4.74 Å². The first-order valence-corrected chi connectivity index (χ1v) is 5.88. The highest BCUT2D eigenvalue weighted by Crippen LogP contribution is 2.32. The van der Waals surface area contributed by atoms with Crippen molar-refractivity contribution in [2.24, 2.45) is 5.41 Å². The standard InChI is InChI=1S/C14H20FNO2/c1-14(2,3)13(16-12(17)9-18-4)10-5-7-11(15)8-6-10/h5-8,13H,9H2,1-4H3,(H,16,17). The summed E-state index contributed by atoms with van der Waals surface area (Å²) in [5, 5.41) is 2.91. The smallest absolute Gasteiger partial charge is 0.246 e. The Morgan fingerprint density at radius 2 is 1.89 bits per heavy atom. The van der Waals surface area contributed by atoms with Crippen molar-refractivity contribution < 1.29 is 13.9 Å². The third-order valence-electron chi connectivity index (χ3n) is 2.65. The third kappa shape index (κ3) is 4.11. The summed E-state index contributed by atoms with van der Waals surface area (Å²) < 4.78 is 17.7. The molecule has 0 saturated heterocycles. The lowest BCUT2D eigenvalue weighted by Gasteiger charge is -2.32. The van der Waals surface area contributed by atoms with Crippen LogP contribution in [0.25, 0.3) is 0 Å². The molecule has 0 saturated carbocycles. The average Bonchev–Trinajstić information content (AvgIpc) is 2.26. The van der Waals surface area contributed by atoms with Crippen LogP contribution in [0.15, 0.2) is 24.3 Å². The summed E-state index contributed by atoms with van der Waals surface area (Å²) >= 11 is 0. The summed E-state index contributed by atoms with van der Waals surface area (Å²) in [6.07, 6.45) is 0. The molecule has 1 aromatic rings. The Labute approximate surface area is 107 Å². The molecule has 3 nitrogen and oxygen atoms in total. The zero-order valence-corrected chi connectivity index (χ0v) is 11.3. The number of methoxy groups -OCH3 is 1. The summed E-state index contributed by atoms with van der Waals surface area (Å²) in [4.78, 5) is 11.6. The molecule has 1 atom stereocenters. The van der Waals surface area contributed by atoms with E-state index in [1.165, 1.54) is 19.2 Å². The molecule has 0 aromatic heterocycles. The van der Waals surface area contributed by atoms with Crippen LogP contribution >= 0.6 is 0 Å². The largest absolute Gasteiger partial charge is 0.375 e. The number of hydrogen-bond acceptors (Lipinski definition) is 2. The molecule has 100 valence electrons. The topological polar surface area (TPSA) is 38.3 Å². The molecule has 0 aliphatic heterocycles. The second kappa shape index (κ2) is 5.96. The van der Waals surface area contributed by atoms with E-state index in [1.54, 1.807) is 12.1 Å². The van der Waals surface area contributed by atoms with Crippen molar-refractivity contribution in [2.45, 2.75) is 26.8 Å². The molecule has 1 aromatic carbocycles. The molecular formula is C14H20FNO2. The molecule has 18 heavy (non-hydrogen) atoms. The minimum absolute atomic E-state index is 0.0216. The van der Waals surface area contributed by atoms with Crippen LogP contribution in [0.3, 0.4) is 0 Å². The van der Waals surface area contributed by atoms with Crippen molar-refractivity contribution in [2.75, 3.05) is 13.7 Å². The van der Waals surface area contributed by atoms with Gasteiger partial charge in [-0.25, -0.2) is 4.39 Å². The maximum absolute atomic E-state index is 12.9. The fourth-order valence-corrected chi connectivity index (χ4v) is 1.79. The van der Waals surface area contributed by atoms with Gasteiger partial charge in [-0.2, -0.15) is 0 Å². The second-order valence-electron chi connectivity index (χ2n) is 5.35. The average molecular weight is 253 g/mol. The fraction of sp³-hybridized carbons (Fsp3) is 0.500. The number of hydrogen-bond donors (Lipinski definition) is 1. The van der Waals surface area contributed by atoms with Gasteiger partial charge in [-0.1, -0.05) is 32.9 Å². The molecule has 0 fully saturated rings. The van der Waals surface area contributed by atoms with Gasteiger partial charge in [0.15, 0.2) is 0 Å². The molecule has 0 spiro atoms. The van der Waals surface area contributed by atoms with Crippen molar-refractivity contribution in [3.8, 4) is 0 Å². The molecule has 0 radical (unpaired) electrons. The van der Waals surface area contributed by atoms with E-state index in [-0.39, 0.29) is 29.8 Å². The minimum Gasteiger partial charge on any atom is -0.375 e. The predicted molar refractivity (Wildman–Crippen MR) is 68.6 cm³/mol. The maximum Gasteiger partial charge on any atom is 0.246 e. The van der Waals surface area contributed by atoms with E-state index < -0.39 is 0 Å². The van der Waals surface area contributed by atoms with Crippen LogP contribution < -0.4 is 5.32 Å². The Balaban J connectivity index is 2.92. The van der Waals surface area contributed by atoms with Gasteiger partial charge in [-0.05, 0) is 23.1 Å². The zero-order valence-electron chi connectivity index (χ0n) is 11.3. The normalized spacial score (nSPS) is 13.2. The van der Waals surface area contributed by atoms with E-state index in [1.807, 2.05) is 20.8 Å². The SMILES string of the molecule is COCC(=O)NC(c1ccc(F)cc1)C(C)(C)C. The number of rotatable bonds is 4. The second-order valence-corrected chi connectivity index (χ2v) is 5.35. The maximum atomic E-state index is 12.9. The van der Waals surface area contributed by atoms with Crippen LogP contribution in [0.2, 0.25) is 0 Å². The summed E-state index contributed by atoms with van der Waals surface area (Å²) in [5.74, 6) is -0.462. The Bertz CT molecular complexity index is 395. The van der Waals surface area contributed by atoms with Crippen molar-refractivity contribution in [1.82, 2.24) is 5.32 Å². The molecule has 0 bridgehead atoms. The van der Waals surface area contributed by atoms with Crippen LogP contribution in [0.1, 0.15) is 32.4 Å². The van der Waals surface area contributed by atoms with Gasteiger partial charge in [-0.15, -0.1) is 0 Å². The van der Waals surface area contributed by atoms with E-state index >= 15 is 0 Å². The number of amides is 1. The van der Waals surface area contributed by atoms with Crippen LogP contribution in [0.4, 0.5) is 4.39 Å². The fourth-order valence-electron chi connectivity index (χ4n) is 1.79. The lowest BCUT2D eigenvalue weighted by atomic mass is 9.82. The zero-order chi connectivity index (χ0) is 13.8. The first-order valence-electron chi connectivity index (χ1n) is 5.88. The van der Waals surface area contributed by atoms with Gasteiger partial charge in [0.05, 0.1) is 6.04 Å². The van der Waals surface area contributed by atoms with Gasteiger partial charge < -0.3 is 10.1 Å². The lowest BCUT2D eigenvalue weighted by molar-refractivity contribution is -0.126. The summed E-state index contributed by atoms with van der Waals surface area (Å²) in [7, 11) is 1.48. The summed E-state index contributed by atoms with van der Waals surface area (Å²) in [6, 6.07) is 6.00. The third-order valence-corrected chi connectivity index (χ3v) is 2.65. The number of carbonyl (C=O) groups excluding carboxylic acids is 1.